The van der Waals surface area contributed by atoms with Crippen LogP contribution < -0.4 is 10.0 Å². The van der Waals surface area contributed by atoms with Crippen LogP contribution in [0.3, 0.4) is 0 Å². The van der Waals surface area contributed by atoms with Gasteiger partial charge >= 0.3 is 0 Å². The third-order valence-corrected chi connectivity index (χ3v) is 11.7. The molecule has 0 saturated carbocycles. The molecule has 2 fully saturated rings. The zero-order valence-electron chi connectivity index (χ0n) is 30.1. The summed E-state index contributed by atoms with van der Waals surface area (Å²) in [5.74, 6) is -0.419. The number of carbonyl (C=O) groups excluding carboxylic acids is 1. The maximum atomic E-state index is 13.9. The molecule has 5 unspecified atom stereocenters. The van der Waals surface area contributed by atoms with Crippen molar-refractivity contribution in [3.8, 4) is 0 Å². The predicted molar refractivity (Wildman–Crippen MR) is 203 cm³/mol. The molecule has 0 spiro atoms. The summed E-state index contributed by atoms with van der Waals surface area (Å²) in [6.45, 7) is 6.94. The number of aliphatic hydroxyl groups excluding tert-OH is 1. The second-order valence-corrected chi connectivity index (χ2v) is 15.9. The number of amides is 1. The number of aliphatic hydroxyl groups is 1. The lowest BCUT2D eigenvalue weighted by Crippen LogP contribution is -2.45. The summed E-state index contributed by atoms with van der Waals surface area (Å²) in [5.41, 5.74) is 4.87. The number of hydrogen-bond acceptors (Lipinski definition) is 7. The number of sulfonamides is 1. The van der Waals surface area contributed by atoms with Crippen molar-refractivity contribution < 1.29 is 27.8 Å². The van der Waals surface area contributed by atoms with Gasteiger partial charge < -0.3 is 24.8 Å². The molecule has 2 saturated heterocycles. The van der Waals surface area contributed by atoms with E-state index in [-0.39, 0.29) is 36.0 Å². The average molecular weight is 726 g/mol. The number of likely N-dealkylation sites (tertiary alicyclic amines) is 1. The summed E-state index contributed by atoms with van der Waals surface area (Å²) >= 11 is 0. The fraction of sp³-hybridized carbons (Fsp3) is 0.405. The first-order valence-electron chi connectivity index (χ1n) is 18.5. The third-order valence-electron chi connectivity index (χ3n) is 10.2. The van der Waals surface area contributed by atoms with Gasteiger partial charge in [-0.25, -0.2) is 8.42 Å². The maximum Gasteiger partial charge on any atom is 0.242 e. The molecule has 10 heteroatoms. The average Bonchev–Trinajstić information content (AvgIpc) is 3.14. The summed E-state index contributed by atoms with van der Waals surface area (Å²) in [5, 5.41) is 12.6. The molecule has 2 aliphatic rings. The van der Waals surface area contributed by atoms with E-state index in [0.29, 0.717) is 5.69 Å². The minimum Gasteiger partial charge on any atom is -0.392 e. The van der Waals surface area contributed by atoms with Crippen molar-refractivity contribution in [2.24, 2.45) is 5.92 Å². The zero-order valence-corrected chi connectivity index (χ0v) is 30.9. The largest absolute Gasteiger partial charge is 0.392 e. The number of nitrogens with one attached hydrogen (secondary N) is 2. The lowest BCUT2D eigenvalue weighted by molar-refractivity contribution is -0.276. The molecule has 52 heavy (non-hydrogen) atoms. The van der Waals surface area contributed by atoms with E-state index in [1.165, 1.54) is 32.1 Å². The Kier molecular flexibility index (Phi) is 12.9. The van der Waals surface area contributed by atoms with E-state index in [0.717, 1.165) is 47.5 Å². The fourth-order valence-corrected chi connectivity index (χ4v) is 8.28. The molecule has 5 atom stereocenters. The summed E-state index contributed by atoms with van der Waals surface area (Å²) < 4.78 is 43.0. The van der Waals surface area contributed by atoms with Crippen LogP contribution in [-0.4, -0.2) is 56.1 Å². The van der Waals surface area contributed by atoms with E-state index in [4.69, 9.17) is 9.47 Å². The second kappa shape index (κ2) is 17.7. The molecule has 1 amide bonds. The van der Waals surface area contributed by atoms with E-state index in [2.05, 4.69) is 21.9 Å². The van der Waals surface area contributed by atoms with Gasteiger partial charge in [0.1, 0.15) is 6.04 Å². The Morgan fingerprint density at radius 2 is 1.52 bits per heavy atom. The van der Waals surface area contributed by atoms with E-state index in [1.807, 2.05) is 79.7 Å². The molecule has 2 heterocycles. The SMILES string of the molecule is Cc1ccc(S(=O)(=O)NC(Cc2ccccc2)C(=O)Nc2cccc(C3OC(CN4CCCCCCC4)C(C)C(c4ccc(CO)cc4)O3)c2)cc1. The Balaban J connectivity index is 1.23. The van der Waals surface area contributed by atoms with Crippen molar-refractivity contribution in [1.82, 2.24) is 9.62 Å². The first-order chi connectivity index (χ1) is 25.2. The number of anilines is 1. The highest BCUT2D eigenvalue weighted by molar-refractivity contribution is 7.89. The van der Waals surface area contributed by atoms with Crippen molar-refractivity contribution in [2.75, 3.05) is 25.0 Å². The molecule has 6 rings (SSSR count). The molecule has 4 aromatic rings. The van der Waals surface area contributed by atoms with Crippen LogP contribution in [0.15, 0.2) is 108 Å². The molecular weight excluding hydrogens is 675 g/mol. The topological polar surface area (TPSA) is 117 Å². The Morgan fingerprint density at radius 1 is 0.827 bits per heavy atom. The number of ether oxygens (including phenoxy) is 2. The highest BCUT2D eigenvalue weighted by Crippen LogP contribution is 2.42. The van der Waals surface area contributed by atoms with Gasteiger partial charge in [0, 0.05) is 23.7 Å². The van der Waals surface area contributed by atoms with Gasteiger partial charge in [-0.2, -0.15) is 4.72 Å². The number of rotatable bonds is 12. The molecule has 4 aromatic carbocycles. The smallest absolute Gasteiger partial charge is 0.242 e. The van der Waals surface area contributed by atoms with Gasteiger partial charge in [0.15, 0.2) is 6.29 Å². The number of aryl methyl sites for hydroxylation is 1. The molecule has 0 aliphatic carbocycles. The Hall–Kier alpha value is -3.90. The van der Waals surface area contributed by atoms with Gasteiger partial charge in [-0.05, 0) is 80.2 Å². The van der Waals surface area contributed by atoms with E-state index in [9.17, 15) is 18.3 Å². The summed E-state index contributed by atoms with van der Waals surface area (Å²) in [6.07, 6.45) is 5.27. The monoisotopic (exact) mass is 725 g/mol. The maximum absolute atomic E-state index is 13.9. The van der Waals surface area contributed by atoms with E-state index >= 15 is 0 Å². The van der Waals surface area contributed by atoms with Gasteiger partial charge in [-0.1, -0.05) is 111 Å². The van der Waals surface area contributed by atoms with Crippen molar-refractivity contribution >= 4 is 21.6 Å². The molecule has 3 N–H and O–H groups in total. The van der Waals surface area contributed by atoms with Gasteiger partial charge in [0.25, 0.3) is 0 Å². The molecule has 0 aromatic heterocycles. The van der Waals surface area contributed by atoms with Gasteiger partial charge in [0.2, 0.25) is 15.9 Å². The summed E-state index contributed by atoms with van der Waals surface area (Å²) in [4.78, 5) is 16.5. The number of hydrogen-bond donors (Lipinski definition) is 3. The lowest BCUT2D eigenvalue weighted by atomic mass is 9.89. The van der Waals surface area contributed by atoms with Gasteiger partial charge in [-0.15, -0.1) is 0 Å². The number of benzene rings is 4. The number of carbonyl (C=O) groups is 1. The molecule has 2 aliphatic heterocycles. The van der Waals surface area contributed by atoms with E-state index < -0.39 is 28.3 Å². The fourth-order valence-electron chi connectivity index (χ4n) is 7.08. The molecule has 0 radical (unpaired) electrons. The van der Waals surface area contributed by atoms with E-state index in [1.54, 1.807) is 30.3 Å². The molecule has 9 nitrogen and oxygen atoms in total. The zero-order chi connectivity index (χ0) is 36.5. The quantitative estimate of drug-likeness (QED) is 0.143. The molecule has 0 bridgehead atoms. The van der Waals surface area contributed by atoms with Crippen molar-refractivity contribution in [2.45, 2.75) is 88.4 Å². The van der Waals surface area contributed by atoms with Crippen LogP contribution in [-0.2, 0) is 37.3 Å². The van der Waals surface area contributed by atoms with Crippen LogP contribution in [0.4, 0.5) is 5.69 Å². The van der Waals surface area contributed by atoms with Crippen LogP contribution in [0.2, 0.25) is 0 Å². The highest BCUT2D eigenvalue weighted by Gasteiger charge is 2.39. The Labute approximate surface area is 308 Å². The van der Waals surface area contributed by atoms with Crippen LogP contribution in [0.5, 0.6) is 0 Å². The predicted octanol–water partition coefficient (Wildman–Crippen LogP) is 7.07. The molecular formula is C42H51N3O6S. The van der Waals surface area contributed by atoms with Gasteiger partial charge in [0.05, 0.1) is 23.7 Å². The third kappa shape index (κ3) is 9.95. The van der Waals surface area contributed by atoms with Gasteiger partial charge in [-0.3, -0.25) is 4.79 Å². The van der Waals surface area contributed by atoms with Crippen molar-refractivity contribution in [3.63, 3.8) is 0 Å². The highest BCUT2D eigenvalue weighted by atomic mass is 32.2. The summed E-state index contributed by atoms with van der Waals surface area (Å²) in [6, 6.07) is 30.1. The standard InChI is InChI=1S/C42H51N3O6S/c1-30-16-22-37(23-17-30)52(48,49)44-38(26-32-12-7-6-8-13-32)41(47)43-36-15-11-14-35(27-36)42-50-39(28-45-24-9-4-3-5-10-25-45)31(2)40(51-42)34-20-18-33(29-46)19-21-34/h6-8,11-23,27,31,38-40,42,44,46H,3-5,9-10,24-26,28-29H2,1-2H3,(H,43,47). The van der Waals surface area contributed by atoms with Crippen LogP contribution in [0.25, 0.3) is 0 Å². The first-order valence-corrected chi connectivity index (χ1v) is 19.9. The Bertz CT molecular complexity index is 1850. The Morgan fingerprint density at radius 3 is 2.21 bits per heavy atom. The minimum atomic E-state index is -3.99. The lowest BCUT2D eigenvalue weighted by Gasteiger charge is -2.43. The minimum absolute atomic E-state index is 0.0250. The van der Waals surface area contributed by atoms with Crippen LogP contribution in [0, 0.1) is 12.8 Å². The normalized spacial score (nSPS) is 22.2. The van der Waals surface area contributed by atoms with Crippen LogP contribution >= 0.6 is 0 Å². The first kappa shape index (κ1) is 37.8. The molecule has 276 valence electrons. The summed E-state index contributed by atoms with van der Waals surface area (Å²) in [7, 11) is -3.99. The van der Waals surface area contributed by atoms with Crippen molar-refractivity contribution in [1.29, 1.82) is 0 Å². The second-order valence-electron chi connectivity index (χ2n) is 14.2. The van der Waals surface area contributed by atoms with Crippen molar-refractivity contribution in [3.05, 3.63) is 131 Å². The number of nitrogens with zero attached hydrogens (tertiary/aromatic N) is 1. The van der Waals surface area contributed by atoms with Crippen LogP contribution in [0.1, 0.15) is 79.2 Å².